The SMILES string of the molecule is O=C(NCCc1cccnc1)c1n[nH]c2c1CNCC2. The van der Waals surface area contributed by atoms with E-state index >= 15 is 0 Å². The summed E-state index contributed by atoms with van der Waals surface area (Å²) in [7, 11) is 0. The molecule has 3 heterocycles. The largest absolute Gasteiger partial charge is 0.350 e. The third kappa shape index (κ3) is 2.70. The fourth-order valence-electron chi connectivity index (χ4n) is 2.36. The molecule has 2 aromatic rings. The first-order valence-electron chi connectivity index (χ1n) is 6.78. The van der Waals surface area contributed by atoms with Crippen molar-refractivity contribution in [2.75, 3.05) is 13.1 Å². The summed E-state index contributed by atoms with van der Waals surface area (Å²) < 4.78 is 0. The third-order valence-electron chi connectivity index (χ3n) is 3.44. The summed E-state index contributed by atoms with van der Waals surface area (Å²) in [6.07, 6.45) is 5.22. The fraction of sp³-hybridized carbons (Fsp3) is 0.357. The lowest BCUT2D eigenvalue weighted by atomic mass is 10.1. The minimum Gasteiger partial charge on any atom is -0.350 e. The lowest BCUT2D eigenvalue weighted by molar-refractivity contribution is 0.0948. The molecule has 6 nitrogen and oxygen atoms in total. The maximum Gasteiger partial charge on any atom is 0.272 e. The van der Waals surface area contributed by atoms with E-state index in [0.717, 1.165) is 36.2 Å². The summed E-state index contributed by atoms with van der Waals surface area (Å²) in [6, 6.07) is 3.90. The average molecular weight is 271 g/mol. The predicted molar refractivity (Wildman–Crippen MR) is 74.3 cm³/mol. The zero-order valence-electron chi connectivity index (χ0n) is 11.1. The van der Waals surface area contributed by atoms with Gasteiger partial charge >= 0.3 is 0 Å². The molecule has 3 rings (SSSR count). The van der Waals surface area contributed by atoms with Gasteiger partial charge in [-0.05, 0) is 18.1 Å². The van der Waals surface area contributed by atoms with E-state index < -0.39 is 0 Å². The molecule has 2 aromatic heterocycles. The van der Waals surface area contributed by atoms with Crippen LogP contribution in [0.2, 0.25) is 0 Å². The number of hydrogen-bond donors (Lipinski definition) is 3. The number of pyridine rings is 1. The van der Waals surface area contributed by atoms with Crippen molar-refractivity contribution < 1.29 is 4.79 Å². The van der Waals surface area contributed by atoms with Crippen LogP contribution in [0.5, 0.6) is 0 Å². The van der Waals surface area contributed by atoms with Crippen molar-refractivity contribution in [3.8, 4) is 0 Å². The molecule has 0 aromatic carbocycles. The predicted octanol–water partition coefficient (Wildman–Crippen LogP) is 0.423. The van der Waals surface area contributed by atoms with Crippen LogP contribution in [0.25, 0.3) is 0 Å². The highest BCUT2D eigenvalue weighted by molar-refractivity contribution is 5.94. The zero-order chi connectivity index (χ0) is 13.8. The van der Waals surface area contributed by atoms with Gasteiger partial charge in [0, 0.05) is 49.7 Å². The first-order chi connectivity index (χ1) is 9.84. The quantitative estimate of drug-likeness (QED) is 0.753. The van der Waals surface area contributed by atoms with Crippen molar-refractivity contribution in [1.29, 1.82) is 0 Å². The second kappa shape index (κ2) is 5.83. The van der Waals surface area contributed by atoms with Gasteiger partial charge in [0.2, 0.25) is 0 Å². The van der Waals surface area contributed by atoms with Crippen LogP contribution < -0.4 is 10.6 Å². The van der Waals surface area contributed by atoms with Crippen molar-refractivity contribution in [1.82, 2.24) is 25.8 Å². The number of fused-ring (bicyclic) bond motifs is 1. The van der Waals surface area contributed by atoms with Crippen LogP contribution in [0.3, 0.4) is 0 Å². The molecule has 0 spiro atoms. The van der Waals surface area contributed by atoms with Crippen LogP contribution in [-0.4, -0.2) is 34.2 Å². The molecule has 0 aliphatic carbocycles. The average Bonchev–Trinajstić information content (AvgIpc) is 2.92. The summed E-state index contributed by atoms with van der Waals surface area (Å²) in [6.45, 7) is 2.22. The number of amides is 1. The van der Waals surface area contributed by atoms with Crippen molar-refractivity contribution in [3.05, 3.63) is 47.0 Å². The van der Waals surface area contributed by atoms with E-state index in [1.54, 1.807) is 6.20 Å². The Morgan fingerprint density at radius 3 is 3.25 bits per heavy atom. The van der Waals surface area contributed by atoms with Gasteiger partial charge < -0.3 is 10.6 Å². The van der Waals surface area contributed by atoms with Crippen LogP contribution in [0.15, 0.2) is 24.5 Å². The minimum absolute atomic E-state index is 0.116. The van der Waals surface area contributed by atoms with Gasteiger partial charge in [0.1, 0.15) is 0 Å². The maximum absolute atomic E-state index is 12.1. The van der Waals surface area contributed by atoms with Gasteiger partial charge in [-0.15, -0.1) is 0 Å². The molecule has 1 amide bonds. The van der Waals surface area contributed by atoms with E-state index in [2.05, 4.69) is 25.8 Å². The summed E-state index contributed by atoms with van der Waals surface area (Å²) in [5.74, 6) is -0.116. The van der Waals surface area contributed by atoms with Gasteiger partial charge in [-0.2, -0.15) is 5.10 Å². The molecule has 0 fully saturated rings. The van der Waals surface area contributed by atoms with Crippen molar-refractivity contribution in [2.24, 2.45) is 0 Å². The van der Waals surface area contributed by atoms with Crippen molar-refractivity contribution in [2.45, 2.75) is 19.4 Å². The Morgan fingerprint density at radius 1 is 1.45 bits per heavy atom. The summed E-state index contributed by atoms with van der Waals surface area (Å²) >= 11 is 0. The molecule has 104 valence electrons. The van der Waals surface area contributed by atoms with E-state index in [-0.39, 0.29) is 5.91 Å². The van der Waals surface area contributed by atoms with Crippen molar-refractivity contribution in [3.63, 3.8) is 0 Å². The number of aromatic nitrogens is 3. The van der Waals surface area contributed by atoms with E-state index in [0.29, 0.717) is 18.8 Å². The molecule has 1 aliphatic heterocycles. The summed E-state index contributed by atoms with van der Waals surface area (Å²) in [5.41, 5.74) is 3.69. The molecule has 0 radical (unpaired) electrons. The number of rotatable bonds is 4. The molecular formula is C14H17N5O. The molecule has 0 bridgehead atoms. The van der Waals surface area contributed by atoms with E-state index in [4.69, 9.17) is 0 Å². The van der Waals surface area contributed by atoms with E-state index in [9.17, 15) is 4.79 Å². The molecule has 0 unspecified atom stereocenters. The van der Waals surface area contributed by atoms with Crippen LogP contribution in [0.1, 0.15) is 27.3 Å². The second-order valence-electron chi connectivity index (χ2n) is 4.82. The van der Waals surface area contributed by atoms with Gasteiger partial charge in [0.05, 0.1) is 0 Å². The molecular weight excluding hydrogens is 254 g/mol. The zero-order valence-corrected chi connectivity index (χ0v) is 11.1. The van der Waals surface area contributed by atoms with Crippen LogP contribution in [0.4, 0.5) is 0 Å². The molecule has 0 saturated heterocycles. The second-order valence-corrected chi connectivity index (χ2v) is 4.82. The third-order valence-corrected chi connectivity index (χ3v) is 3.44. The Kier molecular flexibility index (Phi) is 3.73. The highest BCUT2D eigenvalue weighted by atomic mass is 16.1. The van der Waals surface area contributed by atoms with Crippen LogP contribution in [-0.2, 0) is 19.4 Å². The Hall–Kier alpha value is -2.21. The normalized spacial score (nSPS) is 13.8. The number of nitrogens with one attached hydrogen (secondary N) is 3. The lowest BCUT2D eigenvalue weighted by Crippen LogP contribution is -2.29. The van der Waals surface area contributed by atoms with Gasteiger partial charge in [0.15, 0.2) is 5.69 Å². The minimum atomic E-state index is -0.116. The topological polar surface area (TPSA) is 82.7 Å². The summed E-state index contributed by atoms with van der Waals surface area (Å²) in [4.78, 5) is 16.2. The number of hydrogen-bond acceptors (Lipinski definition) is 4. The Labute approximate surface area is 117 Å². The maximum atomic E-state index is 12.1. The molecule has 6 heteroatoms. The first-order valence-corrected chi connectivity index (χ1v) is 6.78. The number of aromatic amines is 1. The number of carbonyl (C=O) groups excluding carboxylic acids is 1. The molecule has 1 aliphatic rings. The van der Waals surface area contributed by atoms with Gasteiger partial charge in [0.25, 0.3) is 5.91 Å². The molecule has 0 saturated carbocycles. The number of nitrogens with zero attached hydrogens (tertiary/aromatic N) is 2. The highest BCUT2D eigenvalue weighted by Crippen LogP contribution is 2.14. The smallest absolute Gasteiger partial charge is 0.272 e. The molecule has 3 N–H and O–H groups in total. The monoisotopic (exact) mass is 271 g/mol. The Balaban J connectivity index is 1.58. The van der Waals surface area contributed by atoms with Crippen LogP contribution in [0, 0.1) is 0 Å². The number of H-pyrrole nitrogens is 1. The van der Waals surface area contributed by atoms with Gasteiger partial charge in [-0.1, -0.05) is 6.07 Å². The first kappa shape index (κ1) is 12.8. The van der Waals surface area contributed by atoms with Gasteiger partial charge in [-0.25, -0.2) is 0 Å². The highest BCUT2D eigenvalue weighted by Gasteiger charge is 2.20. The molecule has 0 atom stereocenters. The molecule has 20 heavy (non-hydrogen) atoms. The van der Waals surface area contributed by atoms with Gasteiger partial charge in [-0.3, -0.25) is 14.9 Å². The Bertz CT molecular complexity index is 593. The lowest BCUT2D eigenvalue weighted by Gasteiger charge is -2.12. The summed E-state index contributed by atoms with van der Waals surface area (Å²) in [5, 5.41) is 13.3. The van der Waals surface area contributed by atoms with Crippen molar-refractivity contribution >= 4 is 5.91 Å². The van der Waals surface area contributed by atoms with Crippen LogP contribution >= 0.6 is 0 Å². The van der Waals surface area contributed by atoms with E-state index in [1.807, 2.05) is 18.3 Å². The standard InChI is InChI=1S/C14H17N5O/c20-14(17-7-3-10-2-1-5-15-8-10)13-11-9-16-6-4-12(11)18-19-13/h1-2,5,8,16H,3-4,6-7,9H2,(H,17,20)(H,18,19). The Morgan fingerprint density at radius 2 is 2.40 bits per heavy atom. The van der Waals surface area contributed by atoms with E-state index in [1.165, 1.54) is 0 Å². The fourth-order valence-corrected chi connectivity index (χ4v) is 2.36. The number of carbonyl (C=O) groups is 1.